The first-order chi connectivity index (χ1) is 64.9. The molecule has 0 bridgehead atoms. The molecule has 0 aliphatic carbocycles. The summed E-state index contributed by atoms with van der Waals surface area (Å²) in [5, 5.41) is 68.8. The second-order valence-corrected chi connectivity index (χ2v) is 30.5. The number of pyridine rings is 5. The highest BCUT2D eigenvalue weighted by atomic mass is 19.4. The normalized spacial score (nSPS) is 10.9. The molecule has 30 nitrogen and oxygen atoms in total. The van der Waals surface area contributed by atoms with Crippen LogP contribution in [0.3, 0.4) is 0 Å². The Hall–Kier alpha value is -18.7. The predicted molar refractivity (Wildman–Crippen MR) is 500 cm³/mol. The fraction of sp³-hybridized carbons (Fsp3) is 0.0588. The van der Waals surface area contributed by atoms with Gasteiger partial charge in [-0.15, -0.1) is 0 Å². The maximum absolute atomic E-state index is 12.5. The molecule has 0 unspecified atom stereocenters. The molecule has 670 valence electrons. The lowest BCUT2D eigenvalue weighted by molar-refractivity contribution is -0.141. The number of halogens is 3. The van der Waals surface area contributed by atoms with Crippen LogP contribution in [0.15, 0.2) is 336 Å². The zero-order chi connectivity index (χ0) is 95.5. The van der Waals surface area contributed by atoms with Crippen molar-refractivity contribution in [3.05, 3.63) is 409 Å². The van der Waals surface area contributed by atoms with E-state index >= 15 is 0 Å². The Labute approximate surface area is 763 Å². The highest BCUT2D eigenvalue weighted by molar-refractivity contribution is 6.00. The summed E-state index contributed by atoms with van der Waals surface area (Å²) in [6.45, 7) is 9.72. The van der Waals surface area contributed by atoms with E-state index in [2.05, 4.69) is 44.9 Å². The van der Waals surface area contributed by atoms with Crippen molar-refractivity contribution in [3.8, 4) is 40.3 Å². The number of rotatable bonds is 14. The fourth-order valence-corrected chi connectivity index (χ4v) is 14.7. The summed E-state index contributed by atoms with van der Waals surface area (Å²) in [4.78, 5) is 114. The Morgan fingerprint density at radius 1 is 0.267 bits per heavy atom. The predicted octanol–water partition coefficient (Wildman–Crippen LogP) is 20.4. The first-order valence-electron chi connectivity index (χ1n) is 41.1. The Morgan fingerprint density at radius 2 is 0.630 bits per heavy atom. The lowest BCUT2D eigenvalue weighted by atomic mass is 10.1. The van der Waals surface area contributed by atoms with Crippen LogP contribution in [-0.2, 0) is 6.18 Å². The molecule has 33 heteroatoms. The van der Waals surface area contributed by atoms with Crippen molar-refractivity contribution < 1.29 is 82.5 Å². The zero-order valence-corrected chi connectivity index (χ0v) is 72.0. The van der Waals surface area contributed by atoms with Crippen LogP contribution in [0.2, 0.25) is 0 Å². The van der Waals surface area contributed by atoms with E-state index in [1.807, 2.05) is 221 Å². The van der Waals surface area contributed by atoms with Gasteiger partial charge in [0.05, 0.1) is 108 Å². The molecule has 0 fully saturated rings. The van der Waals surface area contributed by atoms with Gasteiger partial charge < -0.3 is 67.7 Å². The number of carboxylic acids is 7. The monoisotopic (exact) mass is 1810 g/mol. The molecule has 0 spiro atoms. The first kappa shape index (κ1) is 91.1. The van der Waals surface area contributed by atoms with E-state index in [0.717, 1.165) is 135 Å². The molecule has 0 radical (unpaired) electrons. The van der Waals surface area contributed by atoms with Crippen LogP contribution in [0.1, 0.15) is 107 Å². The number of carbonyl (C=O) groups is 7. The number of nitrogens with zero attached hydrogens (tertiary/aromatic N) is 16. The van der Waals surface area contributed by atoms with Crippen LogP contribution in [0, 0.1) is 34.6 Å². The minimum Gasteiger partial charge on any atom is -0.478 e. The third-order valence-electron chi connectivity index (χ3n) is 21.3. The van der Waals surface area contributed by atoms with Crippen molar-refractivity contribution in [2.45, 2.75) is 40.8 Å². The largest absolute Gasteiger partial charge is 0.478 e. The minimum absolute atomic E-state index is 0.149. The summed E-state index contributed by atoms with van der Waals surface area (Å²) in [5.74, 6) is -2.58. The Bertz CT molecular complexity index is 7540. The maximum atomic E-state index is 12.5. The van der Waals surface area contributed by atoms with Crippen molar-refractivity contribution in [3.63, 3.8) is 0 Å². The van der Waals surface area contributed by atoms with E-state index < -0.39 is 53.7 Å². The molecule has 21 rings (SSSR count). The molecule has 0 saturated carbocycles. The number of benzene rings is 7. The molecule has 135 heavy (non-hydrogen) atoms. The van der Waals surface area contributed by atoms with Crippen LogP contribution in [-0.4, -0.2) is 154 Å². The van der Waals surface area contributed by atoms with Gasteiger partial charge in [0.15, 0.2) is 0 Å². The van der Waals surface area contributed by atoms with E-state index in [-0.39, 0.29) is 16.7 Å². The van der Waals surface area contributed by atoms with Crippen molar-refractivity contribution in [1.82, 2.24) is 76.8 Å². The van der Waals surface area contributed by atoms with Gasteiger partial charge in [-0.1, -0.05) is 12.1 Å². The number of fused-ring (bicyclic) bond motifs is 7. The Kier molecular flexibility index (Phi) is 26.6. The van der Waals surface area contributed by atoms with E-state index in [0.29, 0.717) is 44.7 Å². The molecular formula is C102H77F3N16O14. The summed E-state index contributed by atoms with van der Waals surface area (Å²) in [7, 11) is 0. The Morgan fingerprint density at radius 3 is 0.985 bits per heavy atom. The zero-order valence-electron chi connectivity index (χ0n) is 72.0. The number of hydrogen-bond donors (Lipinski definition) is 7. The third kappa shape index (κ3) is 21.0. The number of alkyl halides is 3. The molecule has 0 amide bonds. The number of hydrogen-bond acceptors (Lipinski definition) is 16. The van der Waals surface area contributed by atoms with Gasteiger partial charge >= 0.3 is 48.0 Å². The third-order valence-corrected chi connectivity index (χ3v) is 21.3. The van der Waals surface area contributed by atoms with Crippen LogP contribution in [0.25, 0.3) is 117 Å². The maximum Gasteiger partial charge on any atom is 0.433 e. The van der Waals surface area contributed by atoms with Gasteiger partial charge in [0.25, 0.3) is 0 Å². The topological polar surface area (TPSA) is 412 Å². The molecular weight excluding hydrogens is 1730 g/mol. The van der Waals surface area contributed by atoms with Gasteiger partial charge in [-0.25, -0.2) is 73.4 Å². The molecule has 0 atom stereocenters. The van der Waals surface area contributed by atoms with Crippen LogP contribution in [0.5, 0.6) is 0 Å². The molecule has 0 aliphatic rings. The lowest BCUT2D eigenvalue weighted by Crippen LogP contribution is -2.08. The molecule has 21 aromatic rings. The number of aromatic carboxylic acids is 7. The summed E-state index contributed by atoms with van der Waals surface area (Å²) in [5.41, 5.74) is 13.7. The highest BCUT2D eigenvalue weighted by Crippen LogP contribution is 2.32. The van der Waals surface area contributed by atoms with Crippen molar-refractivity contribution in [1.29, 1.82) is 0 Å². The van der Waals surface area contributed by atoms with Gasteiger partial charge in [0.2, 0.25) is 0 Å². The standard InChI is InChI=1S/C15H9F3N2O2.4C15H12N2O2.C14H11N3O2.C13H9N3O2/c16-15(17,18)13-4-2-11(8-19-13)20-6-5-9-7-10(14(21)22)1-3-12(9)20;1-10-2-5-14(16-9-10)17-7-6-11-8-12(15(18)19)3-4-13(11)17;1-10-8-13(4-6-16-10)17-7-5-11-9-12(15(18)19)2-3-14(11)17;1-10-4-6-16-14(8-10)17-7-5-11-9-12(15(18)19)2-3-13(11)17;1-10-3-2-4-14(16-10)17-8-7-11-9-12(15(18)19)5-6-13(11)17;1-9-15-6-4-13(16-9)17-7-5-10-8-11(14(18)19)2-3-12(10)17;17-13(18)10-1-2-12-9(5-10)3-4-16(12)11-6-14-8-15-7-11/h1-8H,(H,21,22);4*2-9H,1H3,(H,18,19);2-8H,1H3,(H,18,19);1-8H,(H,17,18). The summed E-state index contributed by atoms with van der Waals surface area (Å²) in [6.07, 6.45) is 21.6. The van der Waals surface area contributed by atoms with E-state index in [4.69, 9.17) is 35.7 Å². The summed E-state index contributed by atoms with van der Waals surface area (Å²) < 4.78 is 50.9. The van der Waals surface area contributed by atoms with Crippen LogP contribution >= 0.6 is 0 Å². The quantitative estimate of drug-likeness (QED) is 0.0531. The van der Waals surface area contributed by atoms with Gasteiger partial charge in [0.1, 0.15) is 41.1 Å². The first-order valence-corrected chi connectivity index (χ1v) is 41.1. The molecule has 7 N–H and O–H groups in total. The van der Waals surface area contributed by atoms with Crippen LogP contribution in [0.4, 0.5) is 13.2 Å². The molecule has 14 aromatic heterocycles. The SMILES string of the molecule is Cc1cc(-n2ccc3cc(C(=O)O)ccc32)ccn1.Cc1ccc(-n2ccc3cc(C(=O)O)ccc32)nc1.Cc1cccc(-n2ccc3cc(C(=O)O)ccc32)n1.Cc1ccnc(-n2ccc3cc(C(=O)O)ccc32)c1.Cc1nccc(-n2ccc3cc(C(=O)O)ccc32)n1.O=C(O)c1ccc2c(ccn2-c2ccc(C(F)(F)F)nc2)c1.O=C(O)c1ccc2c(ccn2-c2cncnc2)c1. The van der Waals surface area contributed by atoms with Crippen molar-refractivity contribution in [2.24, 2.45) is 0 Å². The fourth-order valence-electron chi connectivity index (χ4n) is 14.7. The average Bonchev–Trinajstić information content (AvgIpc) is 1.70. The van der Waals surface area contributed by atoms with Gasteiger partial charge in [-0.05, 0) is 276 Å². The van der Waals surface area contributed by atoms with E-state index in [1.165, 1.54) is 24.5 Å². The van der Waals surface area contributed by atoms with Gasteiger partial charge in [0, 0.05) is 123 Å². The second kappa shape index (κ2) is 39.5. The van der Waals surface area contributed by atoms with Crippen molar-refractivity contribution >= 4 is 118 Å². The smallest absolute Gasteiger partial charge is 0.433 e. The second-order valence-electron chi connectivity index (χ2n) is 30.5. The lowest BCUT2D eigenvalue weighted by Gasteiger charge is -2.08. The number of aromatic nitrogens is 16. The van der Waals surface area contributed by atoms with Crippen LogP contribution < -0.4 is 0 Å². The van der Waals surface area contributed by atoms with E-state index in [9.17, 15) is 46.7 Å². The molecule has 7 aromatic carbocycles. The highest BCUT2D eigenvalue weighted by Gasteiger charge is 2.32. The number of carboxylic acid groups (broad SMARTS) is 7. The van der Waals surface area contributed by atoms with E-state index in [1.54, 1.807) is 145 Å². The average molecular weight is 1810 g/mol. The molecule has 0 aliphatic heterocycles. The molecule has 0 saturated heterocycles. The Balaban J connectivity index is 0.000000120. The molecule has 14 heterocycles. The number of aryl methyl sites for hydroxylation is 5. The van der Waals surface area contributed by atoms with Gasteiger partial charge in [-0.3, -0.25) is 4.98 Å². The summed E-state index contributed by atoms with van der Waals surface area (Å²) >= 11 is 0. The van der Waals surface area contributed by atoms with Crippen molar-refractivity contribution in [2.75, 3.05) is 0 Å². The van der Waals surface area contributed by atoms with Gasteiger partial charge in [-0.2, -0.15) is 13.2 Å². The summed E-state index contributed by atoms with van der Waals surface area (Å²) in [6, 6.07) is 69.7. The minimum atomic E-state index is -4.48.